The van der Waals surface area contributed by atoms with Crippen molar-refractivity contribution < 1.29 is 29.3 Å². The number of benzene rings is 1. The number of anilines is 1. The van der Waals surface area contributed by atoms with Gasteiger partial charge in [-0.25, -0.2) is 9.59 Å². The highest BCUT2D eigenvalue weighted by molar-refractivity contribution is 6.03. The van der Waals surface area contributed by atoms with Gasteiger partial charge >= 0.3 is 11.9 Å². The minimum absolute atomic E-state index is 0.0349. The molecule has 0 spiro atoms. The van der Waals surface area contributed by atoms with E-state index in [0.717, 1.165) is 4.90 Å². The second-order valence-corrected chi connectivity index (χ2v) is 4.30. The lowest BCUT2D eigenvalue weighted by Gasteiger charge is -2.33. The number of aromatic carboxylic acids is 1. The van der Waals surface area contributed by atoms with Crippen molar-refractivity contribution in [1.82, 2.24) is 0 Å². The molecule has 0 aliphatic carbocycles. The number of carboxylic acids is 2. The fraction of sp³-hybridized carbons (Fsp3) is 0.308. The monoisotopic (exact) mass is 279 g/mol. The molecule has 0 bridgehead atoms. The van der Waals surface area contributed by atoms with E-state index in [2.05, 4.69) is 0 Å². The molecule has 1 heterocycles. The van der Waals surface area contributed by atoms with E-state index >= 15 is 0 Å². The average Bonchev–Trinajstić information content (AvgIpc) is 2.41. The number of hydrogen-bond donors (Lipinski definition) is 2. The van der Waals surface area contributed by atoms with E-state index in [0.29, 0.717) is 5.75 Å². The highest BCUT2D eigenvalue weighted by Crippen LogP contribution is 2.35. The number of nitrogens with zero attached hydrogens (tertiary/aromatic N) is 1. The van der Waals surface area contributed by atoms with Gasteiger partial charge in [0.1, 0.15) is 11.8 Å². The molecule has 1 aromatic carbocycles. The standard InChI is InChI=1S/C13H13NO6/c1-2-8(13(18)19)14-9-5-7(12(16)17)3-4-10(9)20-6-11(14)15/h3-5,8H,2,6H2,1H3,(H,16,17)(H,18,19). The lowest BCUT2D eigenvalue weighted by atomic mass is 10.1. The molecule has 7 nitrogen and oxygen atoms in total. The van der Waals surface area contributed by atoms with E-state index < -0.39 is 23.9 Å². The Kier molecular flexibility index (Phi) is 3.60. The van der Waals surface area contributed by atoms with Crippen LogP contribution in [0.2, 0.25) is 0 Å². The van der Waals surface area contributed by atoms with E-state index in [1.54, 1.807) is 6.92 Å². The Morgan fingerprint density at radius 2 is 2.10 bits per heavy atom. The molecule has 1 aliphatic heterocycles. The van der Waals surface area contributed by atoms with Crippen LogP contribution < -0.4 is 9.64 Å². The Labute approximate surface area is 114 Å². The lowest BCUT2D eigenvalue weighted by Crippen LogP contribution is -2.49. The zero-order valence-corrected chi connectivity index (χ0v) is 10.7. The lowest BCUT2D eigenvalue weighted by molar-refractivity contribution is -0.140. The molecule has 20 heavy (non-hydrogen) atoms. The van der Waals surface area contributed by atoms with Crippen LogP contribution >= 0.6 is 0 Å². The molecule has 1 atom stereocenters. The van der Waals surface area contributed by atoms with Crippen LogP contribution in [0.1, 0.15) is 23.7 Å². The van der Waals surface area contributed by atoms with Crippen molar-refractivity contribution in [3.8, 4) is 5.75 Å². The first-order valence-corrected chi connectivity index (χ1v) is 6.00. The zero-order valence-electron chi connectivity index (χ0n) is 10.7. The number of rotatable bonds is 4. The normalized spacial score (nSPS) is 15.2. The maximum atomic E-state index is 11.9. The maximum Gasteiger partial charge on any atom is 0.335 e. The molecule has 0 radical (unpaired) electrons. The third kappa shape index (κ3) is 2.29. The van der Waals surface area contributed by atoms with Gasteiger partial charge in [0.15, 0.2) is 6.61 Å². The SMILES string of the molecule is CCC(C(=O)O)N1C(=O)COc2ccc(C(=O)O)cc21. The third-order valence-corrected chi connectivity index (χ3v) is 3.07. The van der Waals surface area contributed by atoms with Gasteiger partial charge in [-0.3, -0.25) is 9.69 Å². The van der Waals surface area contributed by atoms with Gasteiger partial charge in [-0.1, -0.05) is 6.92 Å². The number of ether oxygens (including phenoxy) is 1. The van der Waals surface area contributed by atoms with E-state index in [4.69, 9.17) is 9.84 Å². The van der Waals surface area contributed by atoms with Crippen LogP contribution in [-0.4, -0.2) is 40.7 Å². The molecule has 1 aromatic rings. The quantitative estimate of drug-likeness (QED) is 0.851. The highest BCUT2D eigenvalue weighted by Gasteiger charge is 2.35. The Bertz CT molecular complexity index is 582. The summed E-state index contributed by atoms with van der Waals surface area (Å²) in [7, 11) is 0. The number of amides is 1. The number of carboxylic acid groups (broad SMARTS) is 2. The zero-order chi connectivity index (χ0) is 14.9. The number of hydrogen-bond acceptors (Lipinski definition) is 4. The Morgan fingerprint density at radius 3 is 2.65 bits per heavy atom. The number of carbonyl (C=O) groups is 3. The van der Waals surface area contributed by atoms with Crippen molar-refractivity contribution >= 4 is 23.5 Å². The topological polar surface area (TPSA) is 104 Å². The molecule has 0 saturated carbocycles. The summed E-state index contributed by atoms with van der Waals surface area (Å²) >= 11 is 0. The summed E-state index contributed by atoms with van der Waals surface area (Å²) < 4.78 is 5.20. The van der Waals surface area contributed by atoms with Gasteiger partial charge in [0.05, 0.1) is 11.3 Å². The fourth-order valence-corrected chi connectivity index (χ4v) is 2.11. The van der Waals surface area contributed by atoms with Gasteiger partial charge < -0.3 is 14.9 Å². The van der Waals surface area contributed by atoms with Gasteiger partial charge in [-0.2, -0.15) is 0 Å². The summed E-state index contributed by atoms with van der Waals surface area (Å²) in [6, 6.07) is 2.97. The minimum atomic E-state index is -1.16. The second-order valence-electron chi connectivity index (χ2n) is 4.30. The highest BCUT2D eigenvalue weighted by atomic mass is 16.5. The summed E-state index contributed by atoms with van der Waals surface area (Å²) in [4.78, 5) is 35.3. The van der Waals surface area contributed by atoms with Crippen molar-refractivity contribution in [2.75, 3.05) is 11.5 Å². The summed E-state index contributed by atoms with van der Waals surface area (Å²) in [5.74, 6) is -2.51. The second kappa shape index (κ2) is 5.20. The third-order valence-electron chi connectivity index (χ3n) is 3.07. The first kappa shape index (κ1) is 13.9. The first-order valence-electron chi connectivity index (χ1n) is 6.00. The summed E-state index contributed by atoms with van der Waals surface area (Å²) in [6.45, 7) is 1.38. The molecule has 7 heteroatoms. The molecule has 1 aliphatic rings. The molecule has 2 rings (SSSR count). The van der Waals surface area contributed by atoms with Crippen molar-refractivity contribution in [3.63, 3.8) is 0 Å². The van der Waals surface area contributed by atoms with Crippen LogP contribution in [0.15, 0.2) is 18.2 Å². The molecule has 106 valence electrons. The van der Waals surface area contributed by atoms with Gasteiger partial charge in [0.25, 0.3) is 5.91 Å². The van der Waals surface area contributed by atoms with Crippen molar-refractivity contribution in [2.24, 2.45) is 0 Å². The van der Waals surface area contributed by atoms with Crippen LogP contribution in [0.4, 0.5) is 5.69 Å². The Balaban J connectivity index is 2.54. The van der Waals surface area contributed by atoms with E-state index in [1.165, 1.54) is 18.2 Å². The van der Waals surface area contributed by atoms with E-state index in [9.17, 15) is 19.5 Å². The van der Waals surface area contributed by atoms with E-state index in [1.807, 2.05) is 0 Å². The van der Waals surface area contributed by atoms with Crippen LogP contribution in [0.5, 0.6) is 5.75 Å². The largest absolute Gasteiger partial charge is 0.482 e. The number of fused-ring (bicyclic) bond motifs is 1. The van der Waals surface area contributed by atoms with Gasteiger partial charge in [-0.05, 0) is 24.6 Å². The van der Waals surface area contributed by atoms with Crippen LogP contribution in [0.25, 0.3) is 0 Å². The van der Waals surface area contributed by atoms with Crippen LogP contribution in [0.3, 0.4) is 0 Å². The summed E-state index contributed by atoms with van der Waals surface area (Å²) in [5, 5.41) is 18.2. The van der Waals surface area contributed by atoms with Gasteiger partial charge in [-0.15, -0.1) is 0 Å². The minimum Gasteiger partial charge on any atom is -0.482 e. The Hall–Kier alpha value is -2.57. The van der Waals surface area contributed by atoms with Crippen molar-refractivity contribution in [3.05, 3.63) is 23.8 Å². The molecule has 1 unspecified atom stereocenters. The van der Waals surface area contributed by atoms with Crippen LogP contribution in [0, 0.1) is 0 Å². The first-order chi connectivity index (χ1) is 9.45. The summed E-state index contributed by atoms with van der Waals surface area (Å²) in [6.07, 6.45) is 0.206. The predicted octanol–water partition coefficient (Wildman–Crippen LogP) is 0.973. The number of carbonyl (C=O) groups excluding carboxylic acids is 1. The number of aliphatic carboxylic acids is 1. The molecule has 1 amide bonds. The van der Waals surface area contributed by atoms with Gasteiger partial charge in [0, 0.05) is 0 Å². The van der Waals surface area contributed by atoms with E-state index in [-0.39, 0.29) is 24.3 Å². The Morgan fingerprint density at radius 1 is 1.40 bits per heavy atom. The molecular weight excluding hydrogens is 266 g/mol. The summed E-state index contributed by atoms with van der Waals surface area (Å²) in [5.41, 5.74) is 0.141. The molecule has 0 fully saturated rings. The average molecular weight is 279 g/mol. The molecule has 0 saturated heterocycles. The molecular formula is C13H13NO6. The fourth-order valence-electron chi connectivity index (χ4n) is 2.11. The smallest absolute Gasteiger partial charge is 0.335 e. The molecule has 2 N–H and O–H groups in total. The molecule has 0 aromatic heterocycles. The predicted molar refractivity (Wildman–Crippen MR) is 68.1 cm³/mol. The maximum absolute atomic E-state index is 11.9. The van der Waals surface area contributed by atoms with Crippen molar-refractivity contribution in [1.29, 1.82) is 0 Å². The van der Waals surface area contributed by atoms with Crippen molar-refractivity contribution in [2.45, 2.75) is 19.4 Å². The van der Waals surface area contributed by atoms with Gasteiger partial charge in [0.2, 0.25) is 0 Å². The van der Waals surface area contributed by atoms with Crippen LogP contribution in [-0.2, 0) is 9.59 Å².